The number of hydrogen-bond donors (Lipinski definition) is 0. The second kappa shape index (κ2) is 4.79. The number of nitrogens with zero attached hydrogens (tertiary/aromatic N) is 3. The van der Waals surface area contributed by atoms with E-state index in [0.717, 1.165) is 27.3 Å². The number of amides is 1. The van der Waals surface area contributed by atoms with Crippen molar-refractivity contribution < 1.29 is 13.3 Å². The first-order valence-corrected chi connectivity index (χ1v) is 8.10. The van der Waals surface area contributed by atoms with E-state index >= 15 is 0 Å². The van der Waals surface area contributed by atoms with Crippen LogP contribution in [0.15, 0.2) is 54.9 Å². The molecular formula is C20H16FN3O. The molecule has 1 saturated carbocycles. The van der Waals surface area contributed by atoms with Gasteiger partial charge in [0.2, 0.25) is 5.95 Å². The fourth-order valence-electron chi connectivity index (χ4n) is 3.66. The summed E-state index contributed by atoms with van der Waals surface area (Å²) in [5.41, 5.74) is 2.62. The summed E-state index contributed by atoms with van der Waals surface area (Å²) in [7, 11) is 0. The minimum Gasteiger partial charge on any atom is -0.331 e. The molecule has 0 saturated heterocycles. The number of fused-ring (bicyclic) bond motifs is 4. The molecule has 0 atom stereocenters. The van der Waals surface area contributed by atoms with Crippen LogP contribution < -0.4 is 0 Å². The van der Waals surface area contributed by atoms with Crippen molar-refractivity contribution in [3.05, 3.63) is 72.1 Å². The Morgan fingerprint density at radius 2 is 2.04 bits per heavy atom. The van der Waals surface area contributed by atoms with E-state index in [2.05, 4.69) is 4.98 Å². The second-order valence-corrected chi connectivity index (χ2v) is 6.54. The molecule has 1 fully saturated rings. The maximum Gasteiger partial charge on any atom is 0.271 e. The van der Waals surface area contributed by atoms with Gasteiger partial charge in [0.15, 0.2) is 0 Å². The molecular weight excluding hydrogens is 317 g/mol. The molecule has 124 valence electrons. The zero-order chi connectivity index (χ0) is 19.7. The number of hydrogen-bond acceptors (Lipinski definition) is 2. The Labute approximate surface area is 148 Å². The lowest BCUT2D eigenvalue weighted by atomic mass is 9.97. The van der Waals surface area contributed by atoms with Crippen LogP contribution in [0.2, 0.25) is 0 Å². The standard InChI is InChI=1S/C20H16FN3O/c1-23-19(25)16-3-2-10-24(16)17-11-13(14-5-7-18(21)22-12-14)4-6-15(17)20(23)8-9-20/h2-7,10-12H,8-9H2,1H3/i1D3. The van der Waals surface area contributed by atoms with Gasteiger partial charge in [0, 0.05) is 34.6 Å². The average Bonchev–Trinajstić information content (AvgIpc) is 3.28. The van der Waals surface area contributed by atoms with Gasteiger partial charge >= 0.3 is 0 Å². The van der Waals surface area contributed by atoms with Crippen LogP contribution in [0.25, 0.3) is 16.8 Å². The highest BCUT2D eigenvalue weighted by Gasteiger charge is 2.53. The quantitative estimate of drug-likeness (QED) is 0.635. The number of pyridine rings is 1. The van der Waals surface area contributed by atoms with Crippen LogP contribution in [-0.4, -0.2) is 27.3 Å². The predicted octanol–water partition coefficient (Wildman–Crippen LogP) is 3.75. The number of benzene rings is 1. The Morgan fingerprint density at radius 3 is 2.76 bits per heavy atom. The zero-order valence-corrected chi connectivity index (χ0v) is 13.2. The molecule has 1 amide bonds. The van der Waals surface area contributed by atoms with Crippen LogP contribution in [0.5, 0.6) is 0 Å². The third-order valence-corrected chi connectivity index (χ3v) is 5.14. The van der Waals surface area contributed by atoms with Gasteiger partial charge < -0.3 is 9.47 Å². The lowest BCUT2D eigenvalue weighted by molar-refractivity contribution is 0.0705. The Morgan fingerprint density at radius 1 is 1.20 bits per heavy atom. The normalized spacial score (nSPS) is 19.5. The molecule has 3 heterocycles. The SMILES string of the molecule is [2H]C([2H])([2H])N1C(=O)c2cccn2-c2cc(-c3ccc(F)nc3)ccc2C12CC2. The summed E-state index contributed by atoms with van der Waals surface area (Å²) in [5, 5.41) is 0. The summed E-state index contributed by atoms with van der Waals surface area (Å²) < 4.78 is 38.8. The number of carbonyl (C=O) groups is 1. The van der Waals surface area contributed by atoms with E-state index in [1.54, 1.807) is 29.0 Å². The molecule has 1 aliphatic carbocycles. The third-order valence-electron chi connectivity index (χ3n) is 5.14. The van der Waals surface area contributed by atoms with Gasteiger partial charge in [-0.25, -0.2) is 4.98 Å². The van der Waals surface area contributed by atoms with E-state index in [4.69, 9.17) is 4.11 Å². The molecule has 1 aliphatic heterocycles. The topological polar surface area (TPSA) is 38.1 Å². The summed E-state index contributed by atoms with van der Waals surface area (Å²) in [5.74, 6) is -1.05. The van der Waals surface area contributed by atoms with Crippen LogP contribution in [-0.2, 0) is 5.54 Å². The van der Waals surface area contributed by atoms with E-state index in [-0.39, 0.29) is 0 Å². The Kier molecular flexibility index (Phi) is 2.22. The van der Waals surface area contributed by atoms with E-state index in [9.17, 15) is 9.18 Å². The molecule has 3 aromatic rings. The molecule has 4 nitrogen and oxygen atoms in total. The van der Waals surface area contributed by atoms with Gasteiger partial charge in [-0.2, -0.15) is 4.39 Å². The van der Waals surface area contributed by atoms with Crippen molar-refractivity contribution in [1.29, 1.82) is 0 Å². The summed E-state index contributed by atoms with van der Waals surface area (Å²) in [4.78, 5) is 17.9. The summed E-state index contributed by atoms with van der Waals surface area (Å²) in [6.45, 7) is -2.54. The van der Waals surface area contributed by atoms with Gasteiger partial charge in [-0.1, -0.05) is 12.1 Å². The first-order valence-electron chi connectivity index (χ1n) is 9.60. The van der Waals surface area contributed by atoms with Crippen molar-refractivity contribution in [1.82, 2.24) is 14.5 Å². The lowest BCUT2D eigenvalue weighted by Gasteiger charge is -2.27. The van der Waals surface area contributed by atoms with Crippen molar-refractivity contribution >= 4 is 5.91 Å². The Balaban J connectivity index is 1.76. The van der Waals surface area contributed by atoms with Crippen LogP contribution >= 0.6 is 0 Å². The molecule has 2 aliphatic rings. The van der Waals surface area contributed by atoms with Crippen molar-refractivity contribution in [3.8, 4) is 16.8 Å². The van der Waals surface area contributed by atoms with Gasteiger partial charge in [0.05, 0.1) is 11.2 Å². The molecule has 0 N–H and O–H groups in total. The highest BCUT2D eigenvalue weighted by Crippen LogP contribution is 2.54. The van der Waals surface area contributed by atoms with Crippen LogP contribution in [0.4, 0.5) is 4.39 Å². The van der Waals surface area contributed by atoms with Crippen molar-refractivity contribution in [3.63, 3.8) is 0 Å². The average molecular weight is 336 g/mol. The van der Waals surface area contributed by atoms with Gasteiger partial charge in [0.25, 0.3) is 5.91 Å². The molecule has 5 heteroatoms. The fourth-order valence-corrected chi connectivity index (χ4v) is 3.66. The number of carbonyl (C=O) groups excluding carboxylic acids is 1. The number of rotatable bonds is 1. The maximum atomic E-state index is 13.2. The van der Waals surface area contributed by atoms with E-state index in [1.807, 2.05) is 18.2 Å². The molecule has 0 bridgehead atoms. The summed E-state index contributed by atoms with van der Waals surface area (Å²) >= 11 is 0. The van der Waals surface area contributed by atoms with Crippen LogP contribution in [0.1, 0.15) is 33.0 Å². The molecule has 1 spiro atoms. The van der Waals surface area contributed by atoms with E-state index < -0.39 is 24.4 Å². The first kappa shape index (κ1) is 11.6. The van der Waals surface area contributed by atoms with Gasteiger partial charge in [-0.15, -0.1) is 0 Å². The van der Waals surface area contributed by atoms with Gasteiger partial charge in [-0.3, -0.25) is 4.79 Å². The van der Waals surface area contributed by atoms with Crippen LogP contribution in [0.3, 0.4) is 0 Å². The van der Waals surface area contributed by atoms with Crippen molar-refractivity contribution in [2.45, 2.75) is 18.4 Å². The van der Waals surface area contributed by atoms with Crippen molar-refractivity contribution in [2.24, 2.45) is 0 Å². The predicted molar refractivity (Wildman–Crippen MR) is 92.0 cm³/mol. The third kappa shape index (κ3) is 1.92. The smallest absolute Gasteiger partial charge is 0.271 e. The fraction of sp³-hybridized carbons (Fsp3) is 0.200. The molecule has 0 radical (unpaired) electrons. The minimum absolute atomic E-state index is 0.315. The van der Waals surface area contributed by atoms with Gasteiger partial charge in [0.1, 0.15) is 5.69 Å². The highest BCUT2D eigenvalue weighted by molar-refractivity contribution is 5.95. The first-order chi connectivity index (χ1) is 13.3. The maximum absolute atomic E-state index is 13.2. The highest BCUT2D eigenvalue weighted by atomic mass is 19.1. The van der Waals surface area contributed by atoms with Crippen LogP contribution in [0, 0.1) is 5.95 Å². The zero-order valence-electron chi connectivity index (χ0n) is 16.2. The molecule has 0 unspecified atom stereocenters. The van der Waals surface area contributed by atoms with E-state index in [0.29, 0.717) is 18.5 Å². The van der Waals surface area contributed by atoms with Gasteiger partial charge in [-0.05, 0) is 48.7 Å². The monoisotopic (exact) mass is 336 g/mol. The minimum atomic E-state index is -2.54. The summed E-state index contributed by atoms with van der Waals surface area (Å²) in [6.07, 6.45) is 4.42. The Bertz CT molecular complexity index is 1100. The number of aromatic nitrogens is 2. The second-order valence-electron chi connectivity index (χ2n) is 6.54. The molecule has 2 aromatic heterocycles. The Hall–Kier alpha value is -2.95. The molecule has 25 heavy (non-hydrogen) atoms. The molecule has 1 aromatic carbocycles. The van der Waals surface area contributed by atoms with Crippen molar-refractivity contribution in [2.75, 3.05) is 6.98 Å². The molecule has 5 rings (SSSR count). The van der Waals surface area contributed by atoms with E-state index in [1.165, 1.54) is 12.3 Å². The summed E-state index contributed by atoms with van der Waals surface area (Å²) in [6, 6.07) is 12.0. The lowest BCUT2D eigenvalue weighted by Crippen LogP contribution is -2.36. The largest absolute Gasteiger partial charge is 0.331 e. The number of halogens is 1.